The number of hydrogen-bond donors (Lipinski definition) is 1. The first-order chi connectivity index (χ1) is 11.5. The molecule has 0 radical (unpaired) electrons. The van der Waals surface area contributed by atoms with E-state index in [0.29, 0.717) is 19.5 Å². The molecule has 128 valence electrons. The van der Waals surface area contributed by atoms with Crippen LogP contribution in [-0.4, -0.2) is 41.6 Å². The second-order valence-electron chi connectivity index (χ2n) is 6.11. The van der Waals surface area contributed by atoms with E-state index in [1.165, 1.54) is 6.92 Å². The molecule has 1 N–H and O–H groups in total. The molecule has 2 amide bonds. The van der Waals surface area contributed by atoms with Crippen molar-refractivity contribution in [1.82, 2.24) is 10.2 Å². The molecule has 0 spiro atoms. The van der Waals surface area contributed by atoms with E-state index in [0.717, 1.165) is 18.4 Å². The molecule has 0 aromatic heterocycles. The van der Waals surface area contributed by atoms with Crippen molar-refractivity contribution in [3.63, 3.8) is 0 Å². The van der Waals surface area contributed by atoms with Crippen molar-refractivity contribution in [2.24, 2.45) is 0 Å². The lowest BCUT2D eigenvalue weighted by atomic mass is 10.0. The number of hydrogen-bond acceptors (Lipinski definition) is 3. The van der Waals surface area contributed by atoms with Crippen LogP contribution in [0.1, 0.15) is 38.2 Å². The Morgan fingerprint density at radius 3 is 2.42 bits per heavy atom. The third kappa shape index (κ3) is 5.99. The Morgan fingerprint density at radius 1 is 1.12 bits per heavy atom. The van der Waals surface area contributed by atoms with Gasteiger partial charge in [0, 0.05) is 38.0 Å². The maximum atomic E-state index is 12.0. The van der Waals surface area contributed by atoms with Crippen LogP contribution in [0.15, 0.2) is 36.4 Å². The van der Waals surface area contributed by atoms with Crippen molar-refractivity contribution >= 4 is 23.7 Å². The van der Waals surface area contributed by atoms with E-state index in [4.69, 9.17) is 0 Å². The van der Waals surface area contributed by atoms with Crippen LogP contribution in [-0.2, 0) is 14.4 Å². The zero-order valence-corrected chi connectivity index (χ0v) is 14.0. The summed E-state index contributed by atoms with van der Waals surface area (Å²) in [5.41, 5.74) is 0.985. The predicted octanol–water partition coefficient (Wildman–Crippen LogP) is 2.18. The van der Waals surface area contributed by atoms with E-state index in [-0.39, 0.29) is 30.1 Å². The van der Waals surface area contributed by atoms with Crippen LogP contribution >= 0.6 is 0 Å². The molecule has 1 fully saturated rings. The summed E-state index contributed by atoms with van der Waals surface area (Å²) in [6.07, 6.45) is 5.41. The van der Waals surface area contributed by atoms with E-state index in [2.05, 4.69) is 5.32 Å². The first kappa shape index (κ1) is 17.9. The van der Waals surface area contributed by atoms with Crippen molar-refractivity contribution in [3.05, 3.63) is 42.0 Å². The average Bonchev–Trinajstić information content (AvgIpc) is 2.59. The molecule has 1 aromatic carbocycles. The van der Waals surface area contributed by atoms with E-state index in [9.17, 15) is 14.4 Å². The summed E-state index contributed by atoms with van der Waals surface area (Å²) in [7, 11) is 0. The zero-order valence-electron chi connectivity index (χ0n) is 14.0. The van der Waals surface area contributed by atoms with Crippen LogP contribution in [0.4, 0.5) is 0 Å². The third-order valence-electron chi connectivity index (χ3n) is 4.11. The number of rotatable bonds is 6. The van der Waals surface area contributed by atoms with Crippen molar-refractivity contribution in [2.75, 3.05) is 13.1 Å². The van der Waals surface area contributed by atoms with Gasteiger partial charge in [-0.3, -0.25) is 9.59 Å². The molecular weight excluding hydrogens is 304 g/mol. The first-order valence-corrected chi connectivity index (χ1v) is 8.35. The number of nitrogens with zero attached hydrogens (tertiary/aromatic N) is 1. The van der Waals surface area contributed by atoms with Crippen LogP contribution in [0, 0.1) is 0 Å². The molecule has 1 saturated heterocycles. The number of Topliss-reactive ketones (excluding diaryl/α,β-unsaturated/α-hetero) is 1. The Hall–Kier alpha value is -2.43. The average molecular weight is 328 g/mol. The highest BCUT2D eigenvalue weighted by Crippen LogP contribution is 2.12. The number of nitrogens with one attached hydrogen (secondary N) is 1. The second-order valence-corrected chi connectivity index (χ2v) is 6.11. The minimum atomic E-state index is -0.111. The van der Waals surface area contributed by atoms with E-state index in [1.54, 1.807) is 17.1 Å². The highest BCUT2D eigenvalue weighted by Gasteiger charge is 2.23. The minimum absolute atomic E-state index is 0.0268. The summed E-state index contributed by atoms with van der Waals surface area (Å²) in [5.74, 6) is -0.0464. The van der Waals surface area contributed by atoms with Gasteiger partial charge in [-0.25, -0.2) is 0 Å². The third-order valence-corrected chi connectivity index (χ3v) is 4.11. The van der Waals surface area contributed by atoms with Gasteiger partial charge in [0.2, 0.25) is 11.8 Å². The van der Waals surface area contributed by atoms with Crippen molar-refractivity contribution < 1.29 is 14.4 Å². The van der Waals surface area contributed by atoms with Crippen LogP contribution in [0.3, 0.4) is 0 Å². The van der Waals surface area contributed by atoms with Gasteiger partial charge in [-0.15, -0.1) is 0 Å². The highest BCUT2D eigenvalue weighted by molar-refractivity contribution is 5.92. The summed E-state index contributed by atoms with van der Waals surface area (Å²) in [5, 5.41) is 2.98. The summed E-state index contributed by atoms with van der Waals surface area (Å²) in [6, 6.07) is 9.76. The smallest absolute Gasteiger partial charge is 0.244 e. The molecule has 5 nitrogen and oxygen atoms in total. The quantitative estimate of drug-likeness (QED) is 0.814. The number of likely N-dealkylation sites (tertiary alicyclic amines) is 1. The Kier molecular flexibility index (Phi) is 6.73. The number of piperidine rings is 1. The Morgan fingerprint density at radius 2 is 1.79 bits per heavy atom. The molecule has 0 atom stereocenters. The lowest BCUT2D eigenvalue weighted by Gasteiger charge is -2.32. The minimum Gasteiger partial charge on any atom is -0.350 e. The van der Waals surface area contributed by atoms with Gasteiger partial charge in [0.1, 0.15) is 5.78 Å². The Balaban J connectivity index is 1.72. The van der Waals surface area contributed by atoms with Gasteiger partial charge < -0.3 is 15.0 Å². The topological polar surface area (TPSA) is 66.5 Å². The lowest BCUT2D eigenvalue weighted by Crippen LogP contribution is -2.46. The SMILES string of the molecule is CC(=O)CCC(=O)N1CCC(NC(=O)/C=C/c2ccccc2)CC1. The second kappa shape index (κ2) is 9.01. The summed E-state index contributed by atoms with van der Waals surface area (Å²) in [4.78, 5) is 36.7. The molecular formula is C19H24N2O3. The van der Waals surface area contributed by atoms with E-state index < -0.39 is 0 Å². The Bertz CT molecular complexity index is 602. The van der Waals surface area contributed by atoms with Gasteiger partial charge in [-0.2, -0.15) is 0 Å². The molecule has 0 aliphatic carbocycles. The number of carbonyl (C=O) groups excluding carboxylic acids is 3. The largest absolute Gasteiger partial charge is 0.350 e. The molecule has 5 heteroatoms. The molecule has 1 aliphatic rings. The molecule has 0 unspecified atom stereocenters. The molecule has 2 rings (SSSR count). The fraction of sp³-hybridized carbons (Fsp3) is 0.421. The molecule has 0 saturated carbocycles. The first-order valence-electron chi connectivity index (χ1n) is 8.35. The summed E-state index contributed by atoms with van der Waals surface area (Å²) >= 11 is 0. The van der Waals surface area contributed by atoms with Gasteiger partial charge in [0.15, 0.2) is 0 Å². The maximum Gasteiger partial charge on any atom is 0.244 e. The fourth-order valence-corrected chi connectivity index (χ4v) is 2.70. The summed E-state index contributed by atoms with van der Waals surface area (Å²) in [6.45, 7) is 2.76. The monoisotopic (exact) mass is 328 g/mol. The summed E-state index contributed by atoms with van der Waals surface area (Å²) < 4.78 is 0. The molecule has 1 aromatic rings. The number of carbonyl (C=O) groups is 3. The fourth-order valence-electron chi connectivity index (χ4n) is 2.70. The Labute approximate surface area is 142 Å². The van der Waals surface area contributed by atoms with Crippen molar-refractivity contribution in [2.45, 2.75) is 38.6 Å². The normalized spacial score (nSPS) is 15.5. The molecule has 1 heterocycles. The molecule has 0 bridgehead atoms. The van der Waals surface area contributed by atoms with Gasteiger partial charge in [-0.1, -0.05) is 30.3 Å². The highest BCUT2D eigenvalue weighted by atomic mass is 16.2. The molecule has 24 heavy (non-hydrogen) atoms. The van der Waals surface area contributed by atoms with Gasteiger partial charge in [0.05, 0.1) is 0 Å². The maximum absolute atomic E-state index is 12.0. The van der Waals surface area contributed by atoms with Gasteiger partial charge >= 0.3 is 0 Å². The molecule has 1 aliphatic heterocycles. The number of amides is 2. The van der Waals surface area contributed by atoms with Crippen LogP contribution in [0.25, 0.3) is 6.08 Å². The number of benzene rings is 1. The van der Waals surface area contributed by atoms with Crippen molar-refractivity contribution in [1.29, 1.82) is 0 Å². The van der Waals surface area contributed by atoms with E-state index >= 15 is 0 Å². The van der Waals surface area contributed by atoms with Crippen molar-refractivity contribution in [3.8, 4) is 0 Å². The standard InChI is InChI=1S/C19H24N2O3/c1-15(22)7-10-19(24)21-13-11-17(12-14-21)20-18(23)9-8-16-5-3-2-4-6-16/h2-6,8-9,17H,7,10-14H2,1H3,(H,20,23)/b9-8+. The van der Waals surface area contributed by atoms with Gasteiger partial charge in [0.25, 0.3) is 0 Å². The predicted molar refractivity (Wildman–Crippen MR) is 93.1 cm³/mol. The lowest BCUT2D eigenvalue weighted by molar-refractivity contribution is -0.134. The van der Waals surface area contributed by atoms with Crippen LogP contribution in [0.5, 0.6) is 0 Å². The number of ketones is 1. The van der Waals surface area contributed by atoms with Gasteiger partial charge in [-0.05, 0) is 31.4 Å². The zero-order chi connectivity index (χ0) is 17.4. The van der Waals surface area contributed by atoms with Crippen LogP contribution < -0.4 is 5.32 Å². The van der Waals surface area contributed by atoms with E-state index in [1.807, 2.05) is 30.3 Å². The van der Waals surface area contributed by atoms with Crippen LogP contribution in [0.2, 0.25) is 0 Å².